The van der Waals surface area contributed by atoms with Gasteiger partial charge in [-0.15, -0.1) is 0 Å². The standard InChI is InChI=1S/C42H30N2O.C29H26BNO2.C19H16ClNO/c43-27-29-15-17-31(18-16-29)32-19-21-34(22-20-32)36-23-24-37(39-14-8-7-13-38(36)39)35-25-40(33-11-5-2-6-12-33)42(44)41(26-35)45-28-30-9-3-1-4-10-30;1-28(2)29(3,4)33-30(32-28)27-18-17-24(25-7-5-6-8-26(25)27)23-15-13-22(14-16-23)21-11-9-20(19-31)10-12-21;20-16-11-17(15-9-5-2-6-10-15)19(21)18(12-16)22-13-14-7-3-1-4-8-14/h1-26H,28,44H2;5-18H,1-4H3;1-12H,13,21H2. The Bertz CT molecular complexity index is 5260. The molecule has 0 aromatic heterocycles. The molecule has 0 unspecified atom stereocenters. The second-order valence-electron chi connectivity index (χ2n) is 25.7. The number of ether oxygens (including phenoxy) is 2. The maximum Gasteiger partial charge on any atom is 0.495 e. The molecule has 0 bridgehead atoms. The van der Waals surface area contributed by atoms with Crippen molar-refractivity contribution in [1.82, 2.24) is 0 Å². The number of anilines is 2. The Morgan fingerprint density at radius 3 is 1.08 bits per heavy atom. The minimum absolute atomic E-state index is 0.376. The zero-order valence-electron chi connectivity index (χ0n) is 56.1. The Hall–Kier alpha value is -11.9. The highest BCUT2D eigenvalue weighted by atomic mass is 35.5. The van der Waals surface area contributed by atoms with E-state index in [0.717, 1.165) is 94.1 Å². The number of fused-ring (bicyclic) bond motifs is 2. The molecule has 10 heteroatoms. The lowest BCUT2D eigenvalue weighted by molar-refractivity contribution is 0.00578. The molecule has 0 atom stereocenters. The van der Waals surface area contributed by atoms with Crippen LogP contribution in [0.1, 0.15) is 49.9 Å². The molecule has 1 aliphatic rings. The predicted molar refractivity (Wildman–Crippen MR) is 413 cm³/mol. The number of benzene rings is 14. The van der Waals surface area contributed by atoms with Gasteiger partial charge in [0.2, 0.25) is 0 Å². The molecule has 4 N–H and O–H groups in total. The van der Waals surface area contributed by atoms with E-state index in [1.54, 1.807) is 6.07 Å². The summed E-state index contributed by atoms with van der Waals surface area (Å²) in [6, 6.07) is 111. The maximum atomic E-state index is 9.14. The number of hydrogen-bond donors (Lipinski definition) is 2. The largest absolute Gasteiger partial charge is 0.495 e. The van der Waals surface area contributed by atoms with E-state index in [9.17, 15) is 0 Å². The van der Waals surface area contributed by atoms with E-state index in [1.165, 1.54) is 21.9 Å². The number of nitrogens with zero attached hydrogens (tertiary/aromatic N) is 2. The molecule has 100 heavy (non-hydrogen) atoms. The minimum atomic E-state index is -0.396. The number of halogens is 1. The lowest BCUT2D eigenvalue weighted by Crippen LogP contribution is -2.41. The van der Waals surface area contributed by atoms with Crippen LogP contribution in [0.15, 0.2) is 315 Å². The first-order chi connectivity index (χ1) is 48.7. The van der Waals surface area contributed by atoms with Crippen LogP contribution in [-0.2, 0) is 22.5 Å². The van der Waals surface area contributed by atoms with Crippen LogP contribution in [0.2, 0.25) is 5.02 Å². The molecular formula is C90H72BClN4O4. The molecule has 1 fully saturated rings. The number of nitrogens with two attached hydrogens (primary N) is 2. The van der Waals surface area contributed by atoms with Gasteiger partial charge in [-0.1, -0.05) is 279 Å². The van der Waals surface area contributed by atoms with Crippen molar-refractivity contribution in [3.63, 3.8) is 0 Å². The number of nitrogen functional groups attached to an aromatic ring is 2. The average Bonchev–Trinajstić information content (AvgIpc) is 1.47. The Morgan fingerprint density at radius 1 is 0.340 bits per heavy atom. The van der Waals surface area contributed by atoms with Crippen LogP contribution < -0.4 is 26.4 Å². The van der Waals surface area contributed by atoms with E-state index in [2.05, 4.69) is 198 Å². The summed E-state index contributed by atoms with van der Waals surface area (Å²) in [6.07, 6.45) is 0. The summed E-state index contributed by atoms with van der Waals surface area (Å²) in [6.45, 7) is 9.22. The van der Waals surface area contributed by atoms with Crippen molar-refractivity contribution in [2.24, 2.45) is 0 Å². The first-order valence-corrected chi connectivity index (χ1v) is 33.7. The van der Waals surface area contributed by atoms with Gasteiger partial charge in [-0.25, -0.2) is 0 Å². The van der Waals surface area contributed by atoms with Crippen molar-refractivity contribution < 1.29 is 18.8 Å². The zero-order valence-corrected chi connectivity index (χ0v) is 56.8. The van der Waals surface area contributed by atoms with Crippen molar-refractivity contribution in [1.29, 1.82) is 10.5 Å². The summed E-state index contributed by atoms with van der Waals surface area (Å²) in [4.78, 5) is 0. The first-order valence-electron chi connectivity index (χ1n) is 33.3. The molecule has 0 radical (unpaired) electrons. The van der Waals surface area contributed by atoms with E-state index < -0.39 is 7.12 Å². The second-order valence-corrected chi connectivity index (χ2v) is 26.1. The maximum absolute atomic E-state index is 9.14. The Labute approximate surface area is 590 Å². The van der Waals surface area contributed by atoms with E-state index in [0.29, 0.717) is 52.2 Å². The average molecular weight is 1320 g/mol. The van der Waals surface area contributed by atoms with E-state index >= 15 is 0 Å². The van der Waals surface area contributed by atoms with Crippen LogP contribution in [0.5, 0.6) is 11.5 Å². The zero-order chi connectivity index (χ0) is 69.2. The summed E-state index contributed by atoms with van der Waals surface area (Å²) in [5.74, 6) is 1.27. The Balaban J connectivity index is 0.000000143. The molecule has 0 spiro atoms. The number of nitriles is 2. The van der Waals surface area contributed by atoms with Gasteiger partial charge < -0.3 is 30.2 Å². The van der Waals surface area contributed by atoms with Crippen LogP contribution in [-0.4, -0.2) is 18.3 Å². The van der Waals surface area contributed by atoms with Crippen LogP contribution >= 0.6 is 11.6 Å². The minimum Gasteiger partial charge on any atom is -0.487 e. The van der Waals surface area contributed by atoms with Crippen molar-refractivity contribution in [3.05, 3.63) is 343 Å². The summed E-state index contributed by atoms with van der Waals surface area (Å²) < 4.78 is 24.9. The number of hydrogen-bond acceptors (Lipinski definition) is 8. The second kappa shape index (κ2) is 29.8. The van der Waals surface area contributed by atoms with Crippen LogP contribution in [0.3, 0.4) is 0 Å². The lowest BCUT2D eigenvalue weighted by Gasteiger charge is -2.32. The van der Waals surface area contributed by atoms with Gasteiger partial charge in [-0.05, 0) is 175 Å². The fourth-order valence-corrected chi connectivity index (χ4v) is 12.7. The van der Waals surface area contributed by atoms with Gasteiger partial charge in [0.05, 0.1) is 45.8 Å². The molecule has 14 aromatic rings. The topological polar surface area (TPSA) is 137 Å². The van der Waals surface area contributed by atoms with Crippen molar-refractivity contribution in [2.45, 2.75) is 52.1 Å². The highest BCUT2D eigenvalue weighted by Crippen LogP contribution is 2.44. The fourth-order valence-electron chi connectivity index (χ4n) is 12.5. The van der Waals surface area contributed by atoms with Crippen molar-refractivity contribution in [2.75, 3.05) is 11.5 Å². The highest BCUT2D eigenvalue weighted by molar-refractivity contribution is 6.65. The van der Waals surface area contributed by atoms with Crippen LogP contribution in [0, 0.1) is 22.7 Å². The molecule has 486 valence electrons. The van der Waals surface area contributed by atoms with E-state index in [4.69, 9.17) is 52.4 Å². The fraction of sp³-hybridized carbons (Fsp3) is 0.0889. The van der Waals surface area contributed by atoms with E-state index in [-0.39, 0.29) is 11.2 Å². The SMILES string of the molecule is CC1(C)OB(c2ccc(-c3ccc(-c4ccc(C#N)cc4)cc3)c3ccccc23)OC1(C)C.N#Cc1ccc(-c2ccc(-c3ccc(-c4cc(OCc5ccccc5)c(N)c(-c5ccccc5)c4)c4ccccc34)cc2)cc1.Nc1c(OCc2ccccc2)cc(Cl)cc1-c1ccccc1. The quantitative estimate of drug-likeness (QED) is 0.0811. The van der Waals surface area contributed by atoms with Gasteiger partial charge in [-0.2, -0.15) is 10.5 Å². The van der Waals surface area contributed by atoms with Crippen molar-refractivity contribution >= 4 is 57.1 Å². The molecule has 0 saturated carbocycles. The molecule has 14 aromatic carbocycles. The molecule has 1 heterocycles. The Morgan fingerprint density at radius 2 is 0.660 bits per heavy atom. The van der Waals surface area contributed by atoms with Gasteiger partial charge in [0.25, 0.3) is 0 Å². The summed E-state index contributed by atoms with van der Waals surface area (Å²) >= 11 is 6.22. The van der Waals surface area contributed by atoms with Crippen LogP contribution in [0.4, 0.5) is 11.4 Å². The third-order valence-corrected chi connectivity index (χ3v) is 18.9. The van der Waals surface area contributed by atoms with Gasteiger partial charge in [0.1, 0.15) is 24.7 Å². The van der Waals surface area contributed by atoms with Gasteiger partial charge in [0, 0.05) is 22.2 Å². The summed E-state index contributed by atoms with van der Waals surface area (Å²) in [5, 5.41) is 23.4. The molecule has 0 aliphatic carbocycles. The first kappa shape index (κ1) is 66.7. The van der Waals surface area contributed by atoms with Crippen molar-refractivity contribution in [3.8, 4) is 102 Å². The molecular weight excluding hydrogens is 1250 g/mol. The van der Waals surface area contributed by atoms with Crippen LogP contribution in [0.25, 0.3) is 99.4 Å². The highest BCUT2D eigenvalue weighted by Gasteiger charge is 2.52. The normalized spacial score (nSPS) is 12.7. The molecule has 15 rings (SSSR count). The predicted octanol–water partition coefficient (Wildman–Crippen LogP) is 22.1. The third-order valence-electron chi connectivity index (χ3n) is 18.7. The third kappa shape index (κ3) is 14.8. The Kier molecular flexibility index (Phi) is 19.9. The summed E-state index contributed by atoms with van der Waals surface area (Å²) in [5.41, 5.74) is 33.2. The smallest absolute Gasteiger partial charge is 0.487 e. The van der Waals surface area contributed by atoms with Gasteiger partial charge in [0.15, 0.2) is 0 Å². The van der Waals surface area contributed by atoms with Gasteiger partial charge in [-0.3, -0.25) is 0 Å². The van der Waals surface area contributed by atoms with Gasteiger partial charge >= 0.3 is 7.12 Å². The molecule has 1 aliphatic heterocycles. The molecule has 0 amide bonds. The lowest BCUT2D eigenvalue weighted by atomic mass is 9.75. The van der Waals surface area contributed by atoms with E-state index in [1.807, 2.05) is 152 Å². The number of rotatable bonds is 14. The summed E-state index contributed by atoms with van der Waals surface area (Å²) in [7, 11) is -0.396. The monoisotopic (exact) mass is 1320 g/mol. The molecule has 1 saturated heterocycles. The molecule has 8 nitrogen and oxygen atoms in total.